The number of nitrogens with zero attached hydrogens (tertiary/aromatic N) is 1. The van der Waals surface area contributed by atoms with E-state index in [4.69, 9.17) is 5.73 Å². The first-order chi connectivity index (χ1) is 7.25. The smallest absolute Gasteiger partial charge is 0.0458 e. The van der Waals surface area contributed by atoms with Crippen LogP contribution in [0.2, 0.25) is 0 Å². The molecular weight excluding hydrogens is 204 g/mol. The van der Waals surface area contributed by atoms with Gasteiger partial charge in [0, 0.05) is 34.9 Å². The van der Waals surface area contributed by atoms with Crippen LogP contribution in [-0.2, 0) is 0 Å². The van der Waals surface area contributed by atoms with Crippen molar-refractivity contribution >= 4 is 27.1 Å². The first kappa shape index (κ1) is 9.19. The Kier molecular flexibility index (Phi) is 1.97. The van der Waals surface area contributed by atoms with Crippen LogP contribution in [-0.4, -0.2) is 19.1 Å². The molecule has 0 aliphatic carbocycles. The minimum absolute atomic E-state index is 0.360. The third-order valence-corrected chi connectivity index (χ3v) is 4.08. The zero-order chi connectivity index (χ0) is 10.4. The Labute approximate surface area is 93.3 Å². The molecule has 2 heterocycles. The van der Waals surface area contributed by atoms with Gasteiger partial charge in [0.2, 0.25) is 0 Å². The third-order valence-electron chi connectivity index (χ3n) is 3.01. The SMILES string of the molecule is Cc1csc2cccc(N3CC(N)C3)c12. The van der Waals surface area contributed by atoms with Crippen LogP contribution < -0.4 is 10.6 Å². The van der Waals surface area contributed by atoms with Gasteiger partial charge in [-0.25, -0.2) is 0 Å². The van der Waals surface area contributed by atoms with Crippen molar-refractivity contribution in [3.05, 3.63) is 29.1 Å². The molecule has 0 radical (unpaired) electrons. The van der Waals surface area contributed by atoms with E-state index in [1.807, 2.05) is 11.3 Å². The van der Waals surface area contributed by atoms with Crippen molar-refractivity contribution < 1.29 is 0 Å². The van der Waals surface area contributed by atoms with E-state index in [9.17, 15) is 0 Å². The maximum absolute atomic E-state index is 5.82. The molecule has 0 spiro atoms. The molecule has 0 saturated carbocycles. The summed E-state index contributed by atoms with van der Waals surface area (Å²) in [6, 6.07) is 6.89. The normalized spacial score (nSPS) is 17.1. The van der Waals surface area contributed by atoms with Gasteiger partial charge in [-0.1, -0.05) is 6.07 Å². The molecule has 0 unspecified atom stereocenters. The summed E-state index contributed by atoms with van der Waals surface area (Å²) in [5.41, 5.74) is 8.56. The Balaban J connectivity index is 2.13. The molecule has 1 aliphatic heterocycles. The number of hydrogen-bond acceptors (Lipinski definition) is 3. The molecule has 3 heteroatoms. The molecule has 3 rings (SSSR count). The molecule has 2 nitrogen and oxygen atoms in total. The molecule has 1 aromatic carbocycles. The minimum atomic E-state index is 0.360. The lowest BCUT2D eigenvalue weighted by molar-refractivity contribution is 0.521. The van der Waals surface area contributed by atoms with E-state index in [-0.39, 0.29) is 0 Å². The first-order valence-corrected chi connectivity index (χ1v) is 6.11. The summed E-state index contributed by atoms with van der Waals surface area (Å²) < 4.78 is 1.38. The van der Waals surface area contributed by atoms with Crippen LogP contribution >= 0.6 is 11.3 Å². The number of thiophene rings is 1. The number of rotatable bonds is 1. The maximum atomic E-state index is 5.82. The topological polar surface area (TPSA) is 29.3 Å². The predicted octanol–water partition coefficient (Wildman–Crippen LogP) is 2.36. The van der Waals surface area contributed by atoms with Gasteiger partial charge in [-0.05, 0) is 30.0 Å². The monoisotopic (exact) mass is 218 g/mol. The summed E-state index contributed by atoms with van der Waals surface area (Å²) in [7, 11) is 0. The third kappa shape index (κ3) is 1.34. The van der Waals surface area contributed by atoms with Crippen molar-refractivity contribution in [1.29, 1.82) is 0 Å². The predicted molar refractivity (Wildman–Crippen MR) is 66.8 cm³/mol. The molecule has 0 atom stereocenters. The Morgan fingerprint density at radius 3 is 2.93 bits per heavy atom. The molecule has 2 aromatic rings. The first-order valence-electron chi connectivity index (χ1n) is 5.23. The Bertz CT molecular complexity index is 497. The average Bonchev–Trinajstić information content (AvgIpc) is 2.56. The van der Waals surface area contributed by atoms with Crippen LogP contribution in [0, 0.1) is 6.92 Å². The van der Waals surface area contributed by atoms with Gasteiger partial charge in [0.25, 0.3) is 0 Å². The Hall–Kier alpha value is -1.06. The lowest BCUT2D eigenvalue weighted by atomic mass is 10.1. The lowest BCUT2D eigenvalue weighted by Crippen LogP contribution is -2.55. The van der Waals surface area contributed by atoms with E-state index in [1.165, 1.54) is 21.3 Å². The van der Waals surface area contributed by atoms with Crippen LogP contribution in [0.15, 0.2) is 23.6 Å². The van der Waals surface area contributed by atoms with Crippen LogP contribution in [0.1, 0.15) is 5.56 Å². The van der Waals surface area contributed by atoms with Crippen molar-refractivity contribution in [1.82, 2.24) is 0 Å². The zero-order valence-electron chi connectivity index (χ0n) is 8.73. The van der Waals surface area contributed by atoms with E-state index in [1.54, 1.807) is 0 Å². The summed E-state index contributed by atoms with van der Waals surface area (Å²) in [5.74, 6) is 0. The van der Waals surface area contributed by atoms with Crippen LogP contribution in [0.4, 0.5) is 5.69 Å². The van der Waals surface area contributed by atoms with Gasteiger partial charge in [-0.2, -0.15) is 0 Å². The van der Waals surface area contributed by atoms with Gasteiger partial charge in [-0.3, -0.25) is 0 Å². The molecule has 1 saturated heterocycles. The molecule has 0 amide bonds. The van der Waals surface area contributed by atoms with Crippen molar-refractivity contribution in [3.63, 3.8) is 0 Å². The summed E-state index contributed by atoms with van der Waals surface area (Å²) in [6.07, 6.45) is 0. The van der Waals surface area contributed by atoms with E-state index in [2.05, 4.69) is 35.4 Å². The van der Waals surface area contributed by atoms with Crippen LogP contribution in [0.25, 0.3) is 10.1 Å². The number of aryl methyl sites for hydroxylation is 1. The van der Waals surface area contributed by atoms with Crippen LogP contribution in [0.3, 0.4) is 0 Å². The van der Waals surface area contributed by atoms with Crippen molar-refractivity contribution in [2.24, 2.45) is 5.73 Å². The average molecular weight is 218 g/mol. The summed E-state index contributed by atoms with van der Waals surface area (Å²) in [6.45, 7) is 4.17. The molecule has 1 aliphatic rings. The van der Waals surface area contributed by atoms with Gasteiger partial charge in [-0.15, -0.1) is 11.3 Å². The fraction of sp³-hybridized carbons (Fsp3) is 0.333. The van der Waals surface area contributed by atoms with Crippen molar-refractivity contribution in [2.75, 3.05) is 18.0 Å². The van der Waals surface area contributed by atoms with Gasteiger partial charge >= 0.3 is 0 Å². The molecule has 0 bridgehead atoms. The number of hydrogen-bond donors (Lipinski definition) is 1. The molecule has 1 fully saturated rings. The minimum Gasteiger partial charge on any atom is -0.368 e. The van der Waals surface area contributed by atoms with E-state index in [0.29, 0.717) is 6.04 Å². The highest BCUT2D eigenvalue weighted by Crippen LogP contribution is 2.35. The number of nitrogens with two attached hydrogens (primary N) is 1. The summed E-state index contributed by atoms with van der Waals surface area (Å²) in [5, 5.41) is 3.64. The Morgan fingerprint density at radius 1 is 1.40 bits per heavy atom. The highest BCUT2D eigenvalue weighted by molar-refractivity contribution is 7.17. The van der Waals surface area contributed by atoms with Crippen molar-refractivity contribution in [2.45, 2.75) is 13.0 Å². The lowest BCUT2D eigenvalue weighted by Gasteiger charge is -2.39. The molecule has 15 heavy (non-hydrogen) atoms. The fourth-order valence-corrected chi connectivity index (χ4v) is 3.16. The highest BCUT2D eigenvalue weighted by Gasteiger charge is 2.24. The molecular formula is C12H14N2S. The number of fused-ring (bicyclic) bond motifs is 1. The van der Waals surface area contributed by atoms with Gasteiger partial charge in [0.15, 0.2) is 0 Å². The number of benzene rings is 1. The highest BCUT2D eigenvalue weighted by atomic mass is 32.1. The van der Waals surface area contributed by atoms with E-state index in [0.717, 1.165) is 13.1 Å². The molecule has 2 N–H and O–H groups in total. The quantitative estimate of drug-likeness (QED) is 0.796. The maximum Gasteiger partial charge on any atom is 0.0458 e. The standard InChI is InChI=1S/C12H14N2S/c1-8-7-15-11-4-2-3-10(12(8)11)14-5-9(13)6-14/h2-4,7,9H,5-6,13H2,1H3. The summed E-state index contributed by atoms with van der Waals surface area (Å²) in [4.78, 5) is 2.37. The van der Waals surface area contributed by atoms with Gasteiger partial charge in [0.1, 0.15) is 0 Å². The van der Waals surface area contributed by atoms with Gasteiger partial charge in [0.05, 0.1) is 0 Å². The van der Waals surface area contributed by atoms with E-state index >= 15 is 0 Å². The summed E-state index contributed by atoms with van der Waals surface area (Å²) >= 11 is 1.82. The second-order valence-electron chi connectivity index (χ2n) is 4.23. The zero-order valence-corrected chi connectivity index (χ0v) is 9.55. The van der Waals surface area contributed by atoms with Gasteiger partial charge < -0.3 is 10.6 Å². The van der Waals surface area contributed by atoms with E-state index < -0.39 is 0 Å². The largest absolute Gasteiger partial charge is 0.368 e. The number of anilines is 1. The molecule has 1 aromatic heterocycles. The fourth-order valence-electron chi connectivity index (χ4n) is 2.20. The second-order valence-corrected chi connectivity index (χ2v) is 5.15. The molecule has 78 valence electrons. The Morgan fingerprint density at radius 2 is 2.20 bits per heavy atom. The van der Waals surface area contributed by atoms with Crippen molar-refractivity contribution in [3.8, 4) is 0 Å². The van der Waals surface area contributed by atoms with Crippen LogP contribution in [0.5, 0.6) is 0 Å². The second kappa shape index (κ2) is 3.22.